The number of nitrogens with two attached hydrogens (primary N) is 1. The Morgan fingerprint density at radius 3 is 2.33 bits per heavy atom. The van der Waals surface area contributed by atoms with Crippen molar-refractivity contribution in [2.45, 2.75) is 0 Å². The van der Waals surface area contributed by atoms with E-state index in [-0.39, 0.29) is 5.78 Å². The van der Waals surface area contributed by atoms with Gasteiger partial charge in [-0.3, -0.25) is 4.79 Å². The number of halogens is 2. The molecule has 0 atom stereocenters. The predicted octanol–water partition coefficient (Wildman–Crippen LogP) is 3.93. The maximum atomic E-state index is 12.5. The molecule has 0 aliphatic rings. The van der Waals surface area contributed by atoms with Crippen LogP contribution in [0.2, 0.25) is 5.02 Å². The highest BCUT2D eigenvalue weighted by molar-refractivity contribution is 9.10. The summed E-state index contributed by atoms with van der Waals surface area (Å²) in [6, 6.07) is 8.10. The van der Waals surface area contributed by atoms with Gasteiger partial charge in [0.2, 0.25) is 0 Å². The lowest BCUT2D eigenvalue weighted by atomic mass is 10.0. The summed E-state index contributed by atoms with van der Waals surface area (Å²) in [5, 5.41) is 0.291. The lowest BCUT2D eigenvalue weighted by molar-refractivity contribution is 0.103. The van der Waals surface area contributed by atoms with E-state index in [9.17, 15) is 4.79 Å². The Morgan fingerprint density at radius 2 is 1.76 bits per heavy atom. The van der Waals surface area contributed by atoms with Gasteiger partial charge in [-0.1, -0.05) is 11.6 Å². The molecule has 21 heavy (non-hydrogen) atoms. The van der Waals surface area contributed by atoms with Crippen molar-refractivity contribution in [2.24, 2.45) is 0 Å². The van der Waals surface area contributed by atoms with Crippen molar-refractivity contribution < 1.29 is 14.3 Å². The van der Waals surface area contributed by atoms with Gasteiger partial charge in [0.05, 0.1) is 19.2 Å². The van der Waals surface area contributed by atoms with Gasteiger partial charge in [0.15, 0.2) is 17.3 Å². The van der Waals surface area contributed by atoms with Crippen LogP contribution in [0.15, 0.2) is 34.8 Å². The molecule has 0 radical (unpaired) electrons. The number of hydrogen-bond acceptors (Lipinski definition) is 4. The van der Waals surface area contributed by atoms with Crippen LogP contribution in [0.25, 0.3) is 0 Å². The largest absolute Gasteiger partial charge is 0.493 e. The van der Waals surface area contributed by atoms with Crippen molar-refractivity contribution in [1.82, 2.24) is 0 Å². The molecule has 0 fully saturated rings. The summed E-state index contributed by atoms with van der Waals surface area (Å²) in [5.41, 5.74) is 7.06. The number of carbonyl (C=O) groups is 1. The molecular formula is C15H13BrClNO3. The van der Waals surface area contributed by atoms with Gasteiger partial charge in [-0.2, -0.15) is 0 Å². The molecule has 0 heterocycles. The van der Waals surface area contributed by atoms with Crippen molar-refractivity contribution >= 4 is 39.0 Å². The third-order valence-corrected chi connectivity index (χ3v) is 4.01. The van der Waals surface area contributed by atoms with Gasteiger partial charge in [0.25, 0.3) is 0 Å². The van der Waals surface area contributed by atoms with E-state index in [1.807, 2.05) is 0 Å². The summed E-state index contributed by atoms with van der Waals surface area (Å²) in [6.07, 6.45) is 0. The number of carbonyl (C=O) groups excluding carboxylic acids is 1. The molecule has 2 aromatic rings. The van der Waals surface area contributed by atoms with Gasteiger partial charge in [-0.05, 0) is 40.2 Å². The highest BCUT2D eigenvalue weighted by Crippen LogP contribution is 2.34. The Morgan fingerprint density at radius 1 is 1.14 bits per heavy atom. The van der Waals surface area contributed by atoms with Gasteiger partial charge in [0.1, 0.15) is 0 Å². The molecule has 110 valence electrons. The van der Waals surface area contributed by atoms with Crippen LogP contribution in [0.4, 0.5) is 5.69 Å². The van der Waals surface area contributed by atoms with Crippen molar-refractivity contribution in [3.63, 3.8) is 0 Å². The maximum Gasteiger partial charge on any atom is 0.194 e. The molecule has 0 amide bonds. The Balaban J connectivity index is 2.50. The second-order valence-corrected chi connectivity index (χ2v) is 5.51. The number of benzene rings is 2. The number of anilines is 1. The first-order chi connectivity index (χ1) is 9.97. The van der Waals surface area contributed by atoms with Crippen molar-refractivity contribution in [3.8, 4) is 11.5 Å². The number of rotatable bonds is 4. The van der Waals surface area contributed by atoms with Crippen LogP contribution in [0.1, 0.15) is 15.9 Å². The summed E-state index contributed by atoms with van der Waals surface area (Å²) in [6.45, 7) is 0. The molecule has 0 spiro atoms. The second kappa shape index (κ2) is 6.37. The smallest absolute Gasteiger partial charge is 0.194 e. The highest BCUT2D eigenvalue weighted by atomic mass is 79.9. The van der Waals surface area contributed by atoms with E-state index >= 15 is 0 Å². The van der Waals surface area contributed by atoms with Crippen LogP contribution in [0.3, 0.4) is 0 Å². The zero-order valence-electron chi connectivity index (χ0n) is 11.4. The van der Waals surface area contributed by atoms with E-state index in [1.165, 1.54) is 14.2 Å². The molecule has 0 aliphatic carbocycles. The van der Waals surface area contributed by atoms with Crippen LogP contribution < -0.4 is 15.2 Å². The average Bonchev–Trinajstić information content (AvgIpc) is 2.49. The summed E-state index contributed by atoms with van der Waals surface area (Å²) >= 11 is 9.45. The minimum absolute atomic E-state index is 0.236. The van der Waals surface area contributed by atoms with Crippen molar-refractivity contribution in [1.29, 1.82) is 0 Å². The Labute approximate surface area is 135 Å². The molecule has 2 aromatic carbocycles. The van der Waals surface area contributed by atoms with Gasteiger partial charge in [-0.15, -0.1) is 0 Å². The quantitative estimate of drug-likeness (QED) is 0.654. The van der Waals surface area contributed by atoms with Crippen LogP contribution >= 0.6 is 27.5 Å². The van der Waals surface area contributed by atoms with E-state index in [0.717, 1.165) is 4.47 Å². The van der Waals surface area contributed by atoms with E-state index in [0.29, 0.717) is 33.3 Å². The lowest BCUT2D eigenvalue weighted by Gasteiger charge is -2.11. The number of hydrogen-bond donors (Lipinski definition) is 1. The lowest BCUT2D eigenvalue weighted by Crippen LogP contribution is -2.04. The standard InChI is InChI=1S/C15H13BrClNO3/c1-20-13-6-9(11(17)7-14(13)21-2)15(19)8-3-4-10(16)12(18)5-8/h3-7H,18H2,1-2H3. The predicted molar refractivity (Wildman–Crippen MR) is 86.5 cm³/mol. The van der Waals surface area contributed by atoms with E-state index in [4.69, 9.17) is 26.8 Å². The molecule has 0 unspecified atom stereocenters. The fourth-order valence-corrected chi connectivity index (χ4v) is 2.35. The summed E-state index contributed by atoms with van der Waals surface area (Å²) in [7, 11) is 3.00. The molecule has 0 aliphatic heterocycles. The topological polar surface area (TPSA) is 61.5 Å². The second-order valence-electron chi connectivity index (χ2n) is 4.25. The van der Waals surface area contributed by atoms with Crippen LogP contribution in [0, 0.1) is 0 Å². The molecule has 0 saturated carbocycles. The van der Waals surface area contributed by atoms with E-state index < -0.39 is 0 Å². The molecule has 0 bridgehead atoms. The summed E-state index contributed by atoms with van der Waals surface area (Å²) in [5.74, 6) is 0.671. The third kappa shape index (κ3) is 3.14. The van der Waals surface area contributed by atoms with Gasteiger partial charge in [-0.25, -0.2) is 0 Å². The molecule has 6 heteroatoms. The van der Waals surface area contributed by atoms with Crippen molar-refractivity contribution in [3.05, 3.63) is 51.0 Å². The Bertz CT molecular complexity index is 704. The summed E-state index contributed by atoms with van der Waals surface area (Å²) in [4.78, 5) is 12.5. The first-order valence-corrected chi connectivity index (χ1v) is 7.16. The molecule has 0 saturated heterocycles. The summed E-state index contributed by atoms with van der Waals surface area (Å²) < 4.78 is 11.1. The first-order valence-electron chi connectivity index (χ1n) is 5.99. The number of ether oxygens (including phenoxy) is 2. The van der Waals surface area contributed by atoms with Gasteiger partial charge in [0, 0.05) is 27.4 Å². The number of ketones is 1. The minimum Gasteiger partial charge on any atom is -0.493 e. The SMILES string of the molecule is COc1cc(Cl)c(C(=O)c2ccc(Br)c(N)c2)cc1OC. The Kier molecular flexibility index (Phi) is 4.75. The zero-order chi connectivity index (χ0) is 15.6. The van der Waals surface area contributed by atoms with Crippen LogP contribution in [-0.2, 0) is 0 Å². The first kappa shape index (κ1) is 15.7. The minimum atomic E-state index is -0.236. The van der Waals surface area contributed by atoms with Crippen molar-refractivity contribution in [2.75, 3.05) is 20.0 Å². The van der Waals surface area contributed by atoms with E-state index in [2.05, 4.69) is 15.9 Å². The monoisotopic (exact) mass is 369 g/mol. The fraction of sp³-hybridized carbons (Fsp3) is 0.133. The van der Waals surface area contributed by atoms with Crippen LogP contribution in [-0.4, -0.2) is 20.0 Å². The average molecular weight is 371 g/mol. The highest BCUT2D eigenvalue weighted by Gasteiger charge is 2.18. The molecular weight excluding hydrogens is 358 g/mol. The third-order valence-electron chi connectivity index (χ3n) is 2.98. The number of nitrogen functional groups attached to an aromatic ring is 1. The van der Waals surface area contributed by atoms with E-state index in [1.54, 1.807) is 30.3 Å². The fourth-order valence-electron chi connectivity index (χ4n) is 1.87. The Hall–Kier alpha value is -1.72. The molecule has 4 nitrogen and oxygen atoms in total. The van der Waals surface area contributed by atoms with Crippen LogP contribution in [0.5, 0.6) is 11.5 Å². The maximum absolute atomic E-state index is 12.5. The molecule has 0 aromatic heterocycles. The zero-order valence-corrected chi connectivity index (χ0v) is 13.8. The number of methoxy groups -OCH3 is 2. The molecule has 2 rings (SSSR count). The van der Waals surface area contributed by atoms with Gasteiger partial charge < -0.3 is 15.2 Å². The normalized spacial score (nSPS) is 10.3. The van der Waals surface area contributed by atoms with Gasteiger partial charge >= 0.3 is 0 Å². The molecule has 2 N–H and O–H groups in total.